The average Bonchev–Trinajstić information content (AvgIpc) is 3.02. The number of nitrogens with one attached hydrogen (secondary N) is 2. The van der Waals surface area contributed by atoms with E-state index in [0.717, 1.165) is 21.9 Å². The Morgan fingerprint density at radius 3 is 2.48 bits per heavy atom. The number of anilines is 3. The third-order valence-electron chi connectivity index (χ3n) is 4.25. The molecule has 0 saturated carbocycles. The van der Waals surface area contributed by atoms with E-state index in [-0.39, 0.29) is 34.7 Å². The lowest BCUT2D eigenvalue weighted by molar-refractivity contribution is -0.116. The number of halogens is 2. The van der Waals surface area contributed by atoms with Crippen LogP contribution in [0.1, 0.15) is 21.6 Å². The molecule has 0 fully saturated rings. The Morgan fingerprint density at radius 1 is 1.10 bits per heavy atom. The van der Waals surface area contributed by atoms with Gasteiger partial charge in [-0.05, 0) is 55.3 Å². The van der Waals surface area contributed by atoms with Crippen LogP contribution in [0, 0.1) is 19.7 Å². The summed E-state index contributed by atoms with van der Waals surface area (Å²) in [5.74, 6) is -1.72. The molecule has 4 N–H and O–H groups in total. The molecule has 0 aliphatic carbocycles. The number of nitrogens with two attached hydrogens (primary N) is 1. The molecule has 2 amide bonds. The Balaban J connectivity index is 1.67. The largest absolute Gasteiger partial charge is 0.382 e. The monoisotopic (exact) mass is 416 g/mol. The number of hydrogen-bond acceptors (Lipinski definition) is 5. The quantitative estimate of drug-likeness (QED) is 0.591. The van der Waals surface area contributed by atoms with Crippen molar-refractivity contribution >= 4 is 40.6 Å². The Bertz CT molecular complexity index is 1100. The van der Waals surface area contributed by atoms with Crippen molar-refractivity contribution in [2.75, 3.05) is 16.4 Å². The summed E-state index contributed by atoms with van der Waals surface area (Å²) >= 11 is 5.69. The molecule has 0 aliphatic heterocycles. The zero-order chi connectivity index (χ0) is 21.1. The number of rotatable bonds is 5. The van der Waals surface area contributed by atoms with Gasteiger partial charge in [0.15, 0.2) is 11.5 Å². The van der Waals surface area contributed by atoms with E-state index in [1.165, 1.54) is 12.1 Å². The van der Waals surface area contributed by atoms with Gasteiger partial charge in [0.2, 0.25) is 5.91 Å². The zero-order valence-electron chi connectivity index (χ0n) is 15.7. The minimum Gasteiger partial charge on any atom is -0.382 e. The summed E-state index contributed by atoms with van der Waals surface area (Å²) in [5.41, 5.74) is 8.81. The minimum absolute atomic E-state index is 0.0778. The molecule has 3 rings (SSSR count). The van der Waals surface area contributed by atoms with Crippen molar-refractivity contribution in [3.8, 4) is 0 Å². The highest BCUT2D eigenvalue weighted by atomic mass is 35.5. The number of carbonyl (C=O) groups is 2. The van der Waals surface area contributed by atoms with Crippen molar-refractivity contribution in [1.82, 2.24) is 15.0 Å². The SMILES string of the molecule is Cc1ccc(NC(=O)Cn2nnc(C(=O)Nc3ccc(F)c(Cl)c3)c2N)cc1C. The summed E-state index contributed by atoms with van der Waals surface area (Å²) in [4.78, 5) is 24.6. The minimum atomic E-state index is -0.661. The predicted octanol–water partition coefficient (Wildman–Crippen LogP) is 3.16. The highest BCUT2D eigenvalue weighted by molar-refractivity contribution is 6.31. The molecule has 29 heavy (non-hydrogen) atoms. The molecule has 1 heterocycles. The molecule has 2 aromatic carbocycles. The molecule has 1 aromatic heterocycles. The van der Waals surface area contributed by atoms with Crippen LogP contribution in [-0.2, 0) is 11.3 Å². The normalized spacial score (nSPS) is 10.6. The second kappa shape index (κ2) is 8.27. The molecule has 0 spiro atoms. The van der Waals surface area contributed by atoms with Crippen molar-refractivity contribution in [2.24, 2.45) is 0 Å². The summed E-state index contributed by atoms with van der Waals surface area (Å²) in [6, 6.07) is 9.26. The summed E-state index contributed by atoms with van der Waals surface area (Å²) in [6.07, 6.45) is 0. The third-order valence-corrected chi connectivity index (χ3v) is 4.54. The van der Waals surface area contributed by atoms with E-state index in [2.05, 4.69) is 20.9 Å². The van der Waals surface area contributed by atoms with E-state index in [9.17, 15) is 14.0 Å². The van der Waals surface area contributed by atoms with Crippen LogP contribution < -0.4 is 16.4 Å². The Morgan fingerprint density at radius 2 is 1.79 bits per heavy atom. The molecule has 0 saturated heterocycles. The molecular formula is C19H18ClFN6O2. The van der Waals surface area contributed by atoms with Crippen molar-refractivity contribution in [2.45, 2.75) is 20.4 Å². The van der Waals surface area contributed by atoms with Gasteiger partial charge in [-0.15, -0.1) is 5.10 Å². The summed E-state index contributed by atoms with van der Waals surface area (Å²) in [5, 5.41) is 12.6. The fourth-order valence-electron chi connectivity index (χ4n) is 2.52. The molecule has 0 radical (unpaired) electrons. The number of hydrogen-bond donors (Lipinski definition) is 3. The third kappa shape index (κ3) is 4.69. The highest BCUT2D eigenvalue weighted by Gasteiger charge is 2.19. The van der Waals surface area contributed by atoms with Crippen LogP contribution in [0.5, 0.6) is 0 Å². The van der Waals surface area contributed by atoms with Gasteiger partial charge in [0.05, 0.1) is 5.02 Å². The van der Waals surface area contributed by atoms with Crippen LogP contribution >= 0.6 is 11.6 Å². The summed E-state index contributed by atoms with van der Waals surface area (Å²) in [7, 11) is 0. The number of nitrogen functional groups attached to an aromatic ring is 1. The van der Waals surface area contributed by atoms with E-state index >= 15 is 0 Å². The number of nitrogens with zero attached hydrogens (tertiary/aromatic N) is 3. The first-order valence-corrected chi connectivity index (χ1v) is 8.95. The van der Waals surface area contributed by atoms with Gasteiger partial charge in [0.1, 0.15) is 12.4 Å². The standard InChI is InChI=1S/C19H18ClFN6O2/c1-10-3-4-12(7-11(10)2)23-16(28)9-27-18(22)17(25-26-27)19(29)24-13-5-6-15(21)14(20)8-13/h3-8H,9,22H2,1-2H3,(H,23,28)(H,24,29). The molecule has 8 nitrogen and oxygen atoms in total. The van der Waals surface area contributed by atoms with Crippen LogP contribution in [0.3, 0.4) is 0 Å². The van der Waals surface area contributed by atoms with Crippen LogP contribution in [0.4, 0.5) is 21.6 Å². The van der Waals surface area contributed by atoms with Gasteiger partial charge in [0, 0.05) is 11.4 Å². The number of carbonyl (C=O) groups excluding carboxylic acids is 2. The number of benzene rings is 2. The number of aromatic nitrogens is 3. The van der Waals surface area contributed by atoms with Gasteiger partial charge < -0.3 is 16.4 Å². The van der Waals surface area contributed by atoms with Gasteiger partial charge in [-0.2, -0.15) is 0 Å². The van der Waals surface area contributed by atoms with E-state index in [0.29, 0.717) is 5.69 Å². The predicted molar refractivity (Wildman–Crippen MR) is 108 cm³/mol. The van der Waals surface area contributed by atoms with Crippen LogP contribution in [-0.4, -0.2) is 26.8 Å². The number of aryl methyl sites for hydroxylation is 2. The van der Waals surface area contributed by atoms with Gasteiger partial charge in [-0.25, -0.2) is 9.07 Å². The van der Waals surface area contributed by atoms with Crippen LogP contribution in [0.2, 0.25) is 5.02 Å². The average molecular weight is 417 g/mol. The fourth-order valence-corrected chi connectivity index (χ4v) is 2.70. The van der Waals surface area contributed by atoms with Gasteiger partial charge in [-0.3, -0.25) is 9.59 Å². The van der Waals surface area contributed by atoms with Crippen LogP contribution in [0.25, 0.3) is 0 Å². The van der Waals surface area contributed by atoms with E-state index in [1.807, 2.05) is 26.0 Å². The molecule has 0 bridgehead atoms. The lowest BCUT2D eigenvalue weighted by Crippen LogP contribution is -2.21. The van der Waals surface area contributed by atoms with Crippen molar-refractivity contribution in [1.29, 1.82) is 0 Å². The molecule has 3 aromatic rings. The summed E-state index contributed by atoms with van der Waals surface area (Å²) < 4.78 is 14.3. The second-order valence-electron chi connectivity index (χ2n) is 6.41. The van der Waals surface area contributed by atoms with Crippen molar-refractivity contribution < 1.29 is 14.0 Å². The molecule has 10 heteroatoms. The Labute approximate surface area is 170 Å². The van der Waals surface area contributed by atoms with Crippen molar-refractivity contribution in [3.63, 3.8) is 0 Å². The van der Waals surface area contributed by atoms with Gasteiger partial charge >= 0.3 is 0 Å². The first-order chi connectivity index (χ1) is 13.7. The van der Waals surface area contributed by atoms with E-state index < -0.39 is 11.7 Å². The lowest BCUT2D eigenvalue weighted by atomic mass is 10.1. The van der Waals surface area contributed by atoms with Gasteiger partial charge in [0.25, 0.3) is 5.91 Å². The molecule has 0 aliphatic rings. The highest BCUT2D eigenvalue weighted by Crippen LogP contribution is 2.20. The molecule has 0 atom stereocenters. The molecule has 150 valence electrons. The fraction of sp³-hybridized carbons (Fsp3) is 0.158. The zero-order valence-corrected chi connectivity index (χ0v) is 16.4. The van der Waals surface area contributed by atoms with Crippen LogP contribution in [0.15, 0.2) is 36.4 Å². The van der Waals surface area contributed by atoms with Gasteiger partial charge in [-0.1, -0.05) is 22.9 Å². The maximum atomic E-state index is 13.2. The maximum absolute atomic E-state index is 13.2. The Hall–Kier alpha value is -3.46. The Kier molecular flexibility index (Phi) is 5.79. The van der Waals surface area contributed by atoms with E-state index in [4.69, 9.17) is 17.3 Å². The first-order valence-electron chi connectivity index (χ1n) is 8.57. The number of amides is 2. The second-order valence-corrected chi connectivity index (χ2v) is 6.82. The lowest BCUT2D eigenvalue weighted by Gasteiger charge is -2.08. The smallest absolute Gasteiger partial charge is 0.280 e. The molecule has 0 unspecified atom stereocenters. The van der Waals surface area contributed by atoms with Crippen molar-refractivity contribution in [3.05, 3.63) is 64.1 Å². The topological polar surface area (TPSA) is 115 Å². The molecular weight excluding hydrogens is 399 g/mol. The summed E-state index contributed by atoms with van der Waals surface area (Å²) in [6.45, 7) is 3.70. The maximum Gasteiger partial charge on any atom is 0.280 e. The van der Waals surface area contributed by atoms with E-state index in [1.54, 1.807) is 6.07 Å². The first kappa shape index (κ1) is 20.3.